The predicted octanol–water partition coefficient (Wildman–Crippen LogP) is 5.22. The number of benzene rings is 3. The Labute approximate surface area is 182 Å². The van der Waals surface area contributed by atoms with Crippen LogP contribution in [0.1, 0.15) is 33.5 Å². The van der Waals surface area contributed by atoms with Gasteiger partial charge >= 0.3 is 0 Å². The molecule has 1 aliphatic heterocycles. The van der Waals surface area contributed by atoms with Gasteiger partial charge in [-0.05, 0) is 61.2 Å². The lowest BCUT2D eigenvalue weighted by molar-refractivity contribution is 0.0993. The number of hydrogen-bond acceptors (Lipinski definition) is 3. The maximum atomic E-state index is 13.3. The number of hydrogen-bond donors (Lipinski definition) is 0. The van der Waals surface area contributed by atoms with Crippen molar-refractivity contribution in [1.29, 1.82) is 0 Å². The van der Waals surface area contributed by atoms with Gasteiger partial charge in [-0.25, -0.2) is 8.42 Å². The summed E-state index contributed by atoms with van der Waals surface area (Å²) in [5.41, 5.74) is 3.89. The van der Waals surface area contributed by atoms with E-state index in [2.05, 4.69) is 0 Å². The van der Waals surface area contributed by atoms with Crippen molar-refractivity contribution in [2.24, 2.45) is 0 Å². The third-order valence-corrected chi connectivity index (χ3v) is 7.53. The quantitative estimate of drug-likeness (QED) is 0.512. The Hall–Kier alpha value is -2.63. The average Bonchev–Trinajstić information content (AvgIpc) is 2.73. The van der Waals surface area contributed by atoms with Gasteiger partial charge in [0.25, 0.3) is 10.0 Å². The second-order valence-electron chi connectivity index (χ2n) is 7.54. The minimum absolute atomic E-state index is 0.0932. The van der Waals surface area contributed by atoms with Crippen LogP contribution in [-0.2, 0) is 22.9 Å². The third-order valence-electron chi connectivity index (χ3n) is 5.37. The zero-order valence-electron chi connectivity index (χ0n) is 16.6. The van der Waals surface area contributed by atoms with Crippen molar-refractivity contribution >= 4 is 33.1 Å². The average molecular weight is 440 g/mol. The van der Waals surface area contributed by atoms with Crippen LogP contribution < -0.4 is 4.31 Å². The summed E-state index contributed by atoms with van der Waals surface area (Å²) in [5.74, 6) is -0.0932. The minimum atomic E-state index is -3.67. The Balaban J connectivity index is 1.67. The van der Waals surface area contributed by atoms with Crippen molar-refractivity contribution < 1.29 is 13.2 Å². The molecular formula is C24H22ClNO3S. The lowest BCUT2D eigenvalue weighted by Crippen LogP contribution is -2.35. The minimum Gasteiger partial charge on any atom is -0.294 e. The molecule has 0 aliphatic carbocycles. The molecule has 0 fully saturated rings. The van der Waals surface area contributed by atoms with Crippen molar-refractivity contribution in [2.75, 3.05) is 10.8 Å². The van der Waals surface area contributed by atoms with Crippen molar-refractivity contribution in [1.82, 2.24) is 0 Å². The number of Topliss-reactive ketones (excluding diaryl/α,β-unsaturated/α-hetero) is 1. The van der Waals surface area contributed by atoms with Gasteiger partial charge in [-0.3, -0.25) is 9.10 Å². The highest BCUT2D eigenvalue weighted by Gasteiger charge is 2.29. The summed E-state index contributed by atoms with van der Waals surface area (Å²) in [4.78, 5) is 13.0. The summed E-state index contributed by atoms with van der Waals surface area (Å²) >= 11 is 6.15. The van der Waals surface area contributed by atoms with Crippen LogP contribution in [0, 0.1) is 6.92 Å². The molecule has 4 rings (SSSR count). The number of carbonyl (C=O) groups excluding carboxylic acids is 1. The van der Waals surface area contributed by atoms with Crippen LogP contribution in [0.2, 0.25) is 5.02 Å². The number of ketones is 1. The number of nitrogens with zero attached hydrogens (tertiary/aromatic N) is 1. The van der Waals surface area contributed by atoms with E-state index >= 15 is 0 Å². The van der Waals surface area contributed by atoms with Gasteiger partial charge < -0.3 is 0 Å². The molecule has 4 nitrogen and oxygen atoms in total. The lowest BCUT2D eigenvalue weighted by Gasteiger charge is -2.31. The highest BCUT2D eigenvalue weighted by atomic mass is 35.5. The van der Waals surface area contributed by atoms with Gasteiger partial charge in [0, 0.05) is 18.5 Å². The van der Waals surface area contributed by atoms with Crippen LogP contribution >= 0.6 is 11.6 Å². The molecule has 0 atom stereocenters. The van der Waals surface area contributed by atoms with Crippen LogP contribution in [0.25, 0.3) is 0 Å². The van der Waals surface area contributed by atoms with Crippen molar-refractivity contribution in [3.8, 4) is 0 Å². The summed E-state index contributed by atoms with van der Waals surface area (Å²) in [6, 6.07) is 19.5. The summed E-state index contributed by atoms with van der Waals surface area (Å²) < 4.78 is 28.1. The van der Waals surface area contributed by atoms with E-state index in [1.54, 1.807) is 48.5 Å². The first-order valence-corrected chi connectivity index (χ1v) is 11.7. The molecule has 30 heavy (non-hydrogen) atoms. The highest BCUT2D eigenvalue weighted by molar-refractivity contribution is 7.92. The number of aryl methyl sites for hydroxylation is 2. The van der Waals surface area contributed by atoms with Gasteiger partial charge in [0.15, 0.2) is 5.78 Å². The van der Waals surface area contributed by atoms with E-state index in [4.69, 9.17) is 11.6 Å². The number of halogens is 1. The second-order valence-corrected chi connectivity index (χ2v) is 9.81. The van der Waals surface area contributed by atoms with Gasteiger partial charge in [-0.15, -0.1) is 0 Å². The first-order chi connectivity index (χ1) is 14.4. The van der Waals surface area contributed by atoms with Crippen molar-refractivity contribution in [3.05, 3.63) is 94.0 Å². The molecule has 3 aromatic rings. The zero-order valence-corrected chi connectivity index (χ0v) is 18.2. The number of sulfonamides is 1. The fourth-order valence-electron chi connectivity index (χ4n) is 3.75. The molecule has 0 radical (unpaired) electrons. The molecule has 1 heterocycles. The Kier molecular flexibility index (Phi) is 5.67. The second kappa shape index (κ2) is 8.25. The van der Waals surface area contributed by atoms with E-state index in [9.17, 15) is 13.2 Å². The van der Waals surface area contributed by atoms with Crippen molar-refractivity contribution in [2.45, 2.75) is 31.1 Å². The fourth-order valence-corrected chi connectivity index (χ4v) is 5.53. The Bertz CT molecular complexity index is 1200. The first-order valence-electron chi connectivity index (χ1n) is 9.85. The fraction of sp³-hybridized carbons (Fsp3) is 0.208. The van der Waals surface area contributed by atoms with Gasteiger partial charge in [-0.2, -0.15) is 0 Å². The Morgan fingerprint density at radius 3 is 2.50 bits per heavy atom. The zero-order chi connectivity index (χ0) is 21.3. The molecular weight excluding hydrogens is 418 g/mol. The maximum Gasteiger partial charge on any atom is 0.264 e. The van der Waals surface area contributed by atoms with Crippen LogP contribution in [0.5, 0.6) is 0 Å². The van der Waals surface area contributed by atoms with Gasteiger partial charge in [0.05, 0.1) is 15.6 Å². The maximum absolute atomic E-state index is 13.3. The summed E-state index contributed by atoms with van der Waals surface area (Å²) in [7, 11) is -3.67. The van der Waals surface area contributed by atoms with E-state index < -0.39 is 10.0 Å². The summed E-state index contributed by atoms with van der Waals surface area (Å²) in [6.07, 6.45) is 1.74. The largest absolute Gasteiger partial charge is 0.294 e. The lowest BCUT2D eigenvalue weighted by atomic mass is 9.97. The Morgan fingerprint density at radius 1 is 1.03 bits per heavy atom. The standard InChI is InChI=1S/C24H22ClNO3S/c1-17-8-12-20(13-9-17)30(28,29)26-14-4-5-19-11-10-18(15-23(19)26)16-24(27)21-6-2-3-7-22(21)25/h2-3,6-13,15H,4-5,14,16H2,1H3. The number of fused-ring (bicyclic) bond motifs is 1. The normalized spacial score (nSPS) is 13.7. The van der Waals surface area contributed by atoms with Crippen molar-refractivity contribution in [3.63, 3.8) is 0 Å². The molecule has 0 aromatic heterocycles. The number of rotatable bonds is 5. The topological polar surface area (TPSA) is 54.5 Å². The SMILES string of the molecule is Cc1ccc(S(=O)(=O)N2CCCc3ccc(CC(=O)c4ccccc4Cl)cc32)cc1. The molecule has 0 amide bonds. The summed E-state index contributed by atoms with van der Waals surface area (Å²) in [5, 5.41) is 0.420. The monoisotopic (exact) mass is 439 g/mol. The Morgan fingerprint density at radius 2 is 1.77 bits per heavy atom. The molecule has 0 saturated heterocycles. The van der Waals surface area contributed by atoms with Gasteiger partial charge in [0.2, 0.25) is 0 Å². The highest BCUT2D eigenvalue weighted by Crippen LogP contribution is 2.33. The molecule has 0 bridgehead atoms. The van der Waals surface area contributed by atoms with Gasteiger partial charge in [0.1, 0.15) is 0 Å². The van der Waals surface area contributed by atoms with Crippen LogP contribution in [-0.4, -0.2) is 20.7 Å². The first kappa shape index (κ1) is 20.6. The van der Waals surface area contributed by atoms with E-state index in [1.165, 1.54) is 4.31 Å². The molecule has 0 spiro atoms. The van der Waals surface area contributed by atoms with E-state index in [1.807, 2.05) is 25.1 Å². The molecule has 3 aromatic carbocycles. The number of anilines is 1. The molecule has 6 heteroatoms. The van der Waals surface area contributed by atoms with Crippen LogP contribution in [0.15, 0.2) is 71.6 Å². The van der Waals surface area contributed by atoms with Gasteiger partial charge in [-0.1, -0.05) is 53.6 Å². The molecule has 1 aliphatic rings. The molecule has 0 unspecified atom stereocenters. The third kappa shape index (κ3) is 4.00. The van der Waals surface area contributed by atoms with Crippen LogP contribution in [0.3, 0.4) is 0 Å². The summed E-state index contributed by atoms with van der Waals surface area (Å²) in [6.45, 7) is 2.35. The van der Waals surface area contributed by atoms with E-state index in [0.717, 1.165) is 29.5 Å². The van der Waals surface area contributed by atoms with E-state index in [0.29, 0.717) is 22.8 Å². The number of carbonyl (C=O) groups is 1. The molecule has 0 N–H and O–H groups in total. The molecule has 154 valence electrons. The molecule has 0 saturated carbocycles. The predicted molar refractivity (Wildman–Crippen MR) is 120 cm³/mol. The van der Waals surface area contributed by atoms with Crippen LogP contribution in [0.4, 0.5) is 5.69 Å². The smallest absolute Gasteiger partial charge is 0.264 e. The van der Waals surface area contributed by atoms with E-state index in [-0.39, 0.29) is 17.1 Å².